The van der Waals surface area contributed by atoms with Gasteiger partial charge < -0.3 is 10.1 Å². The van der Waals surface area contributed by atoms with Crippen molar-refractivity contribution in [3.8, 4) is 11.8 Å². The van der Waals surface area contributed by atoms with Crippen LogP contribution in [-0.2, 0) is 0 Å². The van der Waals surface area contributed by atoms with Gasteiger partial charge >= 0.3 is 6.01 Å². The van der Waals surface area contributed by atoms with E-state index in [9.17, 15) is 9.18 Å². The number of aromatic nitrogens is 2. The number of carbonyl (C=O) groups excluding carboxylic acids is 1. The summed E-state index contributed by atoms with van der Waals surface area (Å²) in [6.07, 6.45) is 0. The Morgan fingerprint density at radius 1 is 0.962 bits per heavy atom. The number of rotatable bonds is 4. The van der Waals surface area contributed by atoms with Crippen molar-refractivity contribution in [2.24, 2.45) is 0 Å². The molecule has 3 rings (SSSR count). The number of amides is 1. The minimum absolute atomic E-state index is 0.0263. The van der Waals surface area contributed by atoms with Crippen LogP contribution in [0.5, 0.6) is 11.8 Å². The van der Waals surface area contributed by atoms with Crippen molar-refractivity contribution < 1.29 is 13.9 Å². The van der Waals surface area contributed by atoms with Crippen LogP contribution in [0.1, 0.15) is 27.3 Å². The number of anilines is 1. The largest absolute Gasteiger partial charge is 0.421 e. The summed E-state index contributed by atoms with van der Waals surface area (Å²) in [4.78, 5) is 20.8. The first-order valence-corrected chi connectivity index (χ1v) is 8.09. The van der Waals surface area contributed by atoms with E-state index in [2.05, 4.69) is 15.3 Å². The number of hydrogen-bond acceptors (Lipinski definition) is 4. The Balaban J connectivity index is 1.82. The molecule has 0 radical (unpaired) electrons. The van der Waals surface area contributed by atoms with Gasteiger partial charge in [-0.3, -0.25) is 4.79 Å². The topological polar surface area (TPSA) is 64.1 Å². The molecule has 3 aromatic rings. The molecule has 1 aromatic heterocycles. The summed E-state index contributed by atoms with van der Waals surface area (Å²) < 4.78 is 19.1. The fourth-order valence-electron chi connectivity index (χ4n) is 2.43. The van der Waals surface area contributed by atoms with Crippen LogP contribution in [0.15, 0.2) is 48.5 Å². The van der Waals surface area contributed by atoms with Crippen molar-refractivity contribution >= 4 is 11.6 Å². The van der Waals surface area contributed by atoms with Crippen LogP contribution in [0, 0.1) is 26.6 Å². The summed E-state index contributed by atoms with van der Waals surface area (Å²) in [5.41, 5.74) is 3.19. The highest BCUT2D eigenvalue weighted by molar-refractivity contribution is 6.04. The molecule has 0 aliphatic heterocycles. The van der Waals surface area contributed by atoms with Crippen LogP contribution in [0.25, 0.3) is 0 Å². The number of carbonyl (C=O) groups is 1. The number of nitrogens with zero attached hydrogens (tertiary/aromatic N) is 2. The van der Waals surface area contributed by atoms with E-state index >= 15 is 0 Å². The Bertz CT molecular complexity index is 933. The van der Waals surface area contributed by atoms with Gasteiger partial charge in [0.2, 0.25) is 0 Å². The first kappa shape index (κ1) is 17.5. The molecule has 1 N–H and O–H groups in total. The highest BCUT2D eigenvalue weighted by Crippen LogP contribution is 2.25. The van der Waals surface area contributed by atoms with Crippen molar-refractivity contribution in [2.75, 3.05) is 5.32 Å². The lowest BCUT2D eigenvalue weighted by Crippen LogP contribution is -2.15. The molecular formula is C20H18FN3O2. The summed E-state index contributed by atoms with van der Waals surface area (Å²) in [5, 5.41) is 2.82. The monoisotopic (exact) mass is 351 g/mol. The van der Waals surface area contributed by atoms with Gasteiger partial charge in [0.25, 0.3) is 5.91 Å². The van der Waals surface area contributed by atoms with E-state index in [0.29, 0.717) is 22.6 Å². The van der Waals surface area contributed by atoms with Gasteiger partial charge in [-0.15, -0.1) is 0 Å². The molecule has 132 valence electrons. The summed E-state index contributed by atoms with van der Waals surface area (Å²) in [6, 6.07) is 13.3. The first-order valence-electron chi connectivity index (χ1n) is 8.09. The Hall–Kier alpha value is -3.28. The predicted molar refractivity (Wildman–Crippen MR) is 97.1 cm³/mol. The second kappa shape index (κ2) is 7.31. The maximum Gasteiger partial charge on any atom is 0.322 e. The van der Waals surface area contributed by atoms with E-state index < -0.39 is 5.82 Å². The van der Waals surface area contributed by atoms with Crippen molar-refractivity contribution in [1.29, 1.82) is 0 Å². The van der Waals surface area contributed by atoms with Gasteiger partial charge in [-0.1, -0.05) is 29.8 Å². The summed E-state index contributed by atoms with van der Waals surface area (Å²) >= 11 is 0. The number of nitrogens with one attached hydrogen (secondary N) is 1. The average Bonchev–Trinajstić information content (AvgIpc) is 2.60. The second-order valence-corrected chi connectivity index (χ2v) is 5.90. The summed E-state index contributed by atoms with van der Waals surface area (Å²) in [5.74, 6) is -0.700. The van der Waals surface area contributed by atoms with Crippen molar-refractivity contribution in [1.82, 2.24) is 9.97 Å². The van der Waals surface area contributed by atoms with Crippen LogP contribution >= 0.6 is 0 Å². The minimum atomic E-state index is -0.497. The van der Waals surface area contributed by atoms with Crippen LogP contribution in [0.3, 0.4) is 0 Å². The minimum Gasteiger partial charge on any atom is -0.421 e. The Kier molecular flexibility index (Phi) is 4.93. The highest BCUT2D eigenvalue weighted by Gasteiger charge is 2.15. The van der Waals surface area contributed by atoms with Gasteiger partial charge in [-0.2, -0.15) is 9.97 Å². The molecule has 1 amide bonds. The van der Waals surface area contributed by atoms with Crippen LogP contribution < -0.4 is 10.1 Å². The SMILES string of the molecule is Cc1ccc(C(=O)Nc2c(C)nc(Oc3ccccc3F)nc2C)cc1. The van der Waals surface area contributed by atoms with E-state index in [1.54, 1.807) is 38.1 Å². The molecule has 0 spiro atoms. The molecule has 0 fully saturated rings. The molecule has 2 aromatic carbocycles. The summed E-state index contributed by atoms with van der Waals surface area (Å²) in [7, 11) is 0. The zero-order valence-corrected chi connectivity index (χ0v) is 14.7. The molecule has 26 heavy (non-hydrogen) atoms. The molecule has 0 atom stereocenters. The average molecular weight is 351 g/mol. The van der Waals surface area contributed by atoms with Gasteiger partial charge in [0.1, 0.15) is 0 Å². The third-order valence-corrected chi connectivity index (χ3v) is 3.84. The number of hydrogen-bond donors (Lipinski definition) is 1. The third-order valence-electron chi connectivity index (χ3n) is 3.84. The predicted octanol–water partition coefficient (Wildman–Crippen LogP) is 4.59. The Labute approximate surface area is 150 Å². The lowest BCUT2D eigenvalue weighted by atomic mass is 10.1. The molecule has 0 bridgehead atoms. The van der Waals surface area contributed by atoms with Crippen molar-refractivity contribution in [3.63, 3.8) is 0 Å². The second-order valence-electron chi connectivity index (χ2n) is 5.90. The van der Waals surface area contributed by atoms with E-state index in [4.69, 9.17) is 4.74 Å². The van der Waals surface area contributed by atoms with Gasteiger partial charge in [0, 0.05) is 5.56 Å². The number of aryl methyl sites for hydroxylation is 3. The smallest absolute Gasteiger partial charge is 0.322 e. The van der Waals surface area contributed by atoms with Crippen LogP contribution in [0.2, 0.25) is 0 Å². The molecule has 5 nitrogen and oxygen atoms in total. The normalized spacial score (nSPS) is 10.5. The first-order chi connectivity index (χ1) is 12.4. The zero-order valence-electron chi connectivity index (χ0n) is 14.7. The fourth-order valence-corrected chi connectivity index (χ4v) is 2.43. The number of ether oxygens (including phenoxy) is 1. The molecule has 0 aliphatic carbocycles. The lowest BCUT2D eigenvalue weighted by molar-refractivity contribution is 0.102. The molecule has 0 saturated heterocycles. The maximum atomic E-state index is 13.7. The molecule has 0 saturated carbocycles. The molecule has 1 heterocycles. The van der Waals surface area contributed by atoms with Crippen LogP contribution in [0.4, 0.5) is 10.1 Å². The van der Waals surface area contributed by atoms with Gasteiger partial charge in [-0.05, 0) is 45.0 Å². The Morgan fingerprint density at radius 2 is 1.58 bits per heavy atom. The molecular weight excluding hydrogens is 333 g/mol. The summed E-state index contributed by atoms with van der Waals surface area (Å²) in [6.45, 7) is 5.42. The van der Waals surface area contributed by atoms with Crippen LogP contribution in [-0.4, -0.2) is 15.9 Å². The Morgan fingerprint density at radius 3 is 2.19 bits per heavy atom. The number of halogens is 1. The number of benzene rings is 2. The standard InChI is InChI=1S/C20H18FN3O2/c1-12-8-10-15(11-9-12)19(25)24-18-13(2)22-20(23-14(18)3)26-17-7-5-4-6-16(17)21/h4-11H,1-3H3,(H,24,25). The van der Waals surface area contributed by atoms with Crippen molar-refractivity contribution in [3.05, 3.63) is 76.9 Å². The molecule has 0 unspecified atom stereocenters. The highest BCUT2D eigenvalue weighted by atomic mass is 19.1. The van der Waals surface area contributed by atoms with E-state index in [1.807, 2.05) is 19.1 Å². The zero-order chi connectivity index (χ0) is 18.7. The van der Waals surface area contributed by atoms with E-state index in [1.165, 1.54) is 12.1 Å². The van der Waals surface area contributed by atoms with E-state index in [0.717, 1.165) is 5.56 Å². The van der Waals surface area contributed by atoms with Crippen molar-refractivity contribution in [2.45, 2.75) is 20.8 Å². The van der Waals surface area contributed by atoms with Gasteiger partial charge in [0.15, 0.2) is 11.6 Å². The van der Waals surface area contributed by atoms with E-state index in [-0.39, 0.29) is 17.7 Å². The molecule has 6 heteroatoms. The maximum absolute atomic E-state index is 13.7. The number of para-hydroxylation sites is 1. The third kappa shape index (κ3) is 3.85. The quantitative estimate of drug-likeness (QED) is 0.747. The fraction of sp³-hybridized carbons (Fsp3) is 0.150. The molecule has 0 aliphatic rings. The van der Waals surface area contributed by atoms with Gasteiger partial charge in [0.05, 0.1) is 17.1 Å². The van der Waals surface area contributed by atoms with Gasteiger partial charge in [-0.25, -0.2) is 4.39 Å². The lowest BCUT2D eigenvalue weighted by Gasteiger charge is -2.13.